The molecule has 0 unspecified atom stereocenters. The lowest BCUT2D eigenvalue weighted by atomic mass is 10.1. The van der Waals surface area contributed by atoms with Crippen molar-refractivity contribution >= 4 is 21.6 Å². The van der Waals surface area contributed by atoms with Crippen LogP contribution in [-0.2, 0) is 21.3 Å². The highest BCUT2D eigenvalue weighted by Crippen LogP contribution is 2.25. The number of sulfonamides is 1. The molecule has 0 saturated carbocycles. The molecule has 1 aromatic heterocycles. The molecule has 0 radical (unpaired) electrons. The minimum absolute atomic E-state index is 0.0614. The average molecular weight is 435 g/mol. The van der Waals surface area contributed by atoms with Gasteiger partial charge in [0.2, 0.25) is 15.9 Å². The number of hydrogen-bond acceptors (Lipinski definition) is 7. The van der Waals surface area contributed by atoms with E-state index in [1.54, 1.807) is 18.3 Å². The first-order valence-electron chi connectivity index (χ1n) is 9.64. The van der Waals surface area contributed by atoms with Gasteiger partial charge in [0.15, 0.2) is 0 Å². The molecule has 2 heterocycles. The number of carbonyl (C=O) groups excluding carboxylic acids is 1. The van der Waals surface area contributed by atoms with E-state index in [1.165, 1.54) is 12.1 Å². The third-order valence-corrected chi connectivity index (χ3v) is 5.44. The molecular weight excluding hydrogens is 408 g/mol. The average Bonchev–Trinajstić information content (AvgIpc) is 2.72. The highest BCUT2D eigenvalue weighted by Gasteiger charge is 2.22. The Morgan fingerprint density at radius 2 is 2.03 bits per heavy atom. The second-order valence-corrected chi connectivity index (χ2v) is 8.70. The van der Waals surface area contributed by atoms with Crippen LogP contribution in [0.25, 0.3) is 0 Å². The van der Waals surface area contributed by atoms with Gasteiger partial charge in [-0.25, -0.2) is 18.5 Å². The van der Waals surface area contributed by atoms with Crippen molar-refractivity contribution in [2.75, 3.05) is 31.2 Å². The van der Waals surface area contributed by atoms with Crippen LogP contribution < -0.4 is 20.1 Å². The fraction of sp³-hybridized carbons (Fsp3) is 0.400. The van der Waals surface area contributed by atoms with E-state index in [1.807, 2.05) is 24.8 Å². The van der Waals surface area contributed by atoms with Gasteiger partial charge < -0.3 is 19.7 Å². The number of ether oxygens (including phenoxy) is 2. The highest BCUT2D eigenvalue weighted by atomic mass is 32.2. The van der Waals surface area contributed by atoms with Crippen molar-refractivity contribution in [3.63, 3.8) is 0 Å². The first kappa shape index (κ1) is 22.0. The molecule has 3 rings (SSSR count). The number of amides is 1. The van der Waals surface area contributed by atoms with Crippen molar-refractivity contribution in [2.45, 2.75) is 31.4 Å². The molecule has 9 nitrogen and oxygen atoms in total. The zero-order valence-electron chi connectivity index (χ0n) is 17.0. The summed E-state index contributed by atoms with van der Waals surface area (Å²) in [7, 11) is -3.95. The Hall–Kier alpha value is -2.69. The topological polar surface area (TPSA) is 124 Å². The van der Waals surface area contributed by atoms with Crippen molar-refractivity contribution in [2.24, 2.45) is 5.14 Å². The summed E-state index contributed by atoms with van der Waals surface area (Å²) in [5.41, 5.74) is 1.58. The standard InChI is InChI=1S/C20H26N4O5S/c1-14(2)29-20-15(4-3-7-22-20)13-23-19(25)17-12-16(30(21,26)27)5-6-18(17)24-8-10-28-11-9-24/h3-7,12,14H,8-11,13H2,1-2H3,(H,23,25)(H2,21,26,27). The quantitative estimate of drug-likeness (QED) is 0.673. The van der Waals surface area contributed by atoms with Crippen LogP contribution in [-0.4, -0.2) is 51.7 Å². The summed E-state index contributed by atoms with van der Waals surface area (Å²) < 4.78 is 34.7. The van der Waals surface area contributed by atoms with Gasteiger partial charge in [-0.15, -0.1) is 0 Å². The second kappa shape index (κ2) is 9.41. The zero-order valence-corrected chi connectivity index (χ0v) is 17.8. The number of carbonyl (C=O) groups is 1. The molecule has 1 aliphatic rings. The summed E-state index contributed by atoms with van der Waals surface area (Å²) in [6.45, 7) is 6.23. The van der Waals surface area contributed by atoms with Gasteiger partial charge in [0.1, 0.15) is 0 Å². The smallest absolute Gasteiger partial charge is 0.253 e. The molecular formula is C20H26N4O5S. The van der Waals surface area contributed by atoms with E-state index in [9.17, 15) is 13.2 Å². The summed E-state index contributed by atoms with van der Waals surface area (Å²) in [5.74, 6) is 0.0285. The van der Waals surface area contributed by atoms with Crippen LogP contribution in [0.2, 0.25) is 0 Å². The fourth-order valence-corrected chi connectivity index (χ4v) is 3.65. The third-order valence-electron chi connectivity index (χ3n) is 4.53. The van der Waals surface area contributed by atoms with E-state index in [2.05, 4.69) is 10.3 Å². The Bertz CT molecular complexity index is 1000. The summed E-state index contributed by atoms with van der Waals surface area (Å²) in [6.07, 6.45) is 1.56. The number of primary sulfonamides is 1. The van der Waals surface area contributed by atoms with Gasteiger partial charge in [0.25, 0.3) is 5.91 Å². The van der Waals surface area contributed by atoms with E-state index < -0.39 is 15.9 Å². The number of nitrogens with one attached hydrogen (secondary N) is 1. The maximum atomic E-state index is 13.0. The molecule has 1 amide bonds. The van der Waals surface area contributed by atoms with Crippen LogP contribution in [0.5, 0.6) is 5.88 Å². The molecule has 1 fully saturated rings. The van der Waals surface area contributed by atoms with Crippen molar-refractivity contribution in [3.8, 4) is 5.88 Å². The Labute approximate surface area is 176 Å². The van der Waals surface area contributed by atoms with Gasteiger partial charge in [-0.1, -0.05) is 6.07 Å². The highest BCUT2D eigenvalue weighted by molar-refractivity contribution is 7.89. The normalized spacial score (nSPS) is 14.6. The molecule has 0 aliphatic carbocycles. The molecule has 0 bridgehead atoms. The minimum Gasteiger partial charge on any atom is -0.475 e. The lowest BCUT2D eigenvalue weighted by molar-refractivity contribution is 0.0948. The summed E-state index contributed by atoms with van der Waals surface area (Å²) in [5, 5.41) is 8.10. The molecule has 10 heteroatoms. The molecule has 2 aromatic rings. The van der Waals surface area contributed by atoms with Gasteiger partial charge in [-0.3, -0.25) is 4.79 Å². The molecule has 1 aliphatic heterocycles. The van der Waals surface area contributed by atoms with Crippen molar-refractivity contribution in [3.05, 3.63) is 47.7 Å². The molecule has 162 valence electrons. The Balaban J connectivity index is 1.87. The lowest BCUT2D eigenvalue weighted by Crippen LogP contribution is -2.38. The molecule has 1 aromatic carbocycles. The van der Waals surface area contributed by atoms with Gasteiger partial charge in [-0.2, -0.15) is 0 Å². The third kappa shape index (κ3) is 5.47. The SMILES string of the molecule is CC(C)Oc1ncccc1CNC(=O)c1cc(S(N)(=O)=O)ccc1N1CCOCC1. The molecule has 30 heavy (non-hydrogen) atoms. The van der Waals surface area contributed by atoms with E-state index in [0.717, 1.165) is 5.56 Å². The Morgan fingerprint density at radius 1 is 1.30 bits per heavy atom. The van der Waals surface area contributed by atoms with E-state index in [0.29, 0.717) is 37.9 Å². The van der Waals surface area contributed by atoms with Crippen LogP contribution in [0.3, 0.4) is 0 Å². The first-order chi connectivity index (χ1) is 14.3. The molecule has 0 atom stereocenters. The van der Waals surface area contributed by atoms with Gasteiger partial charge in [0, 0.05) is 37.1 Å². The fourth-order valence-electron chi connectivity index (χ4n) is 3.11. The predicted octanol–water partition coefficient (Wildman–Crippen LogP) is 1.28. The van der Waals surface area contributed by atoms with Gasteiger partial charge >= 0.3 is 0 Å². The van der Waals surface area contributed by atoms with Crippen molar-refractivity contribution < 1.29 is 22.7 Å². The summed E-state index contributed by atoms with van der Waals surface area (Å²) in [4.78, 5) is 19.1. The predicted molar refractivity (Wildman–Crippen MR) is 112 cm³/mol. The number of nitrogens with two attached hydrogens (primary N) is 1. The molecule has 1 saturated heterocycles. The first-order valence-corrected chi connectivity index (χ1v) is 11.2. The van der Waals surface area contributed by atoms with Gasteiger partial charge in [-0.05, 0) is 38.1 Å². The van der Waals surface area contributed by atoms with E-state index >= 15 is 0 Å². The molecule has 0 spiro atoms. The summed E-state index contributed by atoms with van der Waals surface area (Å²) >= 11 is 0. The monoisotopic (exact) mass is 434 g/mol. The van der Waals surface area contributed by atoms with Gasteiger partial charge in [0.05, 0.1) is 29.8 Å². The van der Waals surface area contributed by atoms with Crippen LogP contribution in [0, 0.1) is 0 Å². The maximum absolute atomic E-state index is 13.0. The van der Waals surface area contributed by atoms with Crippen molar-refractivity contribution in [1.82, 2.24) is 10.3 Å². The van der Waals surface area contributed by atoms with Crippen molar-refractivity contribution in [1.29, 1.82) is 0 Å². The summed E-state index contributed by atoms with van der Waals surface area (Å²) in [6, 6.07) is 7.90. The number of aromatic nitrogens is 1. The number of hydrogen-bond donors (Lipinski definition) is 2. The van der Waals surface area contributed by atoms with E-state index in [4.69, 9.17) is 14.6 Å². The van der Waals surface area contributed by atoms with E-state index in [-0.39, 0.29) is 23.1 Å². The molecule has 3 N–H and O–H groups in total. The largest absolute Gasteiger partial charge is 0.475 e. The Kier molecular flexibility index (Phi) is 6.91. The van der Waals surface area contributed by atoms with Crippen LogP contribution in [0.15, 0.2) is 41.4 Å². The number of nitrogens with zero attached hydrogens (tertiary/aromatic N) is 2. The second-order valence-electron chi connectivity index (χ2n) is 7.14. The zero-order chi connectivity index (χ0) is 21.7. The lowest BCUT2D eigenvalue weighted by Gasteiger charge is -2.30. The number of benzene rings is 1. The van der Waals surface area contributed by atoms with Crippen LogP contribution in [0.1, 0.15) is 29.8 Å². The maximum Gasteiger partial charge on any atom is 0.253 e. The number of rotatable bonds is 7. The number of morpholine rings is 1. The number of anilines is 1. The van der Waals surface area contributed by atoms with Crippen LogP contribution in [0.4, 0.5) is 5.69 Å². The van der Waals surface area contributed by atoms with Crippen LogP contribution >= 0.6 is 0 Å². The Morgan fingerprint density at radius 3 is 2.70 bits per heavy atom. The minimum atomic E-state index is -3.95. The number of pyridine rings is 1.